The molecule has 3 aromatic carbocycles. The average molecular weight is 724 g/mol. The van der Waals surface area contributed by atoms with Crippen molar-refractivity contribution in [2.24, 2.45) is 0 Å². The number of nitrogens with one attached hydrogen (secondary N) is 1. The van der Waals surface area contributed by atoms with Crippen molar-refractivity contribution in [2.75, 3.05) is 73.2 Å². The molecule has 280 valence electrons. The largest absolute Gasteiger partial charge is 0.493 e. The third-order valence-electron chi connectivity index (χ3n) is 11.0. The number of amides is 1. The van der Waals surface area contributed by atoms with Crippen molar-refractivity contribution in [1.82, 2.24) is 19.8 Å². The van der Waals surface area contributed by atoms with Crippen molar-refractivity contribution in [1.29, 1.82) is 0 Å². The molecule has 2 aliphatic heterocycles. The number of carbonyl (C=O) groups excluding carboxylic acids is 1. The molecule has 0 aliphatic carbocycles. The Morgan fingerprint density at radius 3 is 2.26 bits per heavy atom. The summed E-state index contributed by atoms with van der Waals surface area (Å²) in [5.74, 6) is 4.43. The molecule has 0 bridgehead atoms. The number of para-hydroxylation sites is 2. The summed E-state index contributed by atoms with van der Waals surface area (Å²) in [5.41, 5.74) is 3.33. The highest BCUT2D eigenvalue weighted by molar-refractivity contribution is 5.96. The van der Waals surface area contributed by atoms with Crippen LogP contribution in [0.3, 0.4) is 0 Å². The van der Waals surface area contributed by atoms with Crippen LogP contribution in [0.15, 0.2) is 77.4 Å². The van der Waals surface area contributed by atoms with E-state index in [-0.39, 0.29) is 11.3 Å². The summed E-state index contributed by atoms with van der Waals surface area (Å²) in [5, 5.41) is 0. The Morgan fingerprint density at radius 2 is 1.60 bits per heavy atom. The summed E-state index contributed by atoms with van der Waals surface area (Å²) < 4.78 is 33.7. The Hall–Kier alpha value is -5.36. The van der Waals surface area contributed by atoms with Gasteiger partial charge in [0.15, 0.2) is 23.0 Å². The lowest BCUT2D eigenvalue weighted by Crippen LogP contribution is -2.46. The van der Waals surface area contributed by atoms with Gasteiger partial charge in [0, 0.05) is 43.2 Å². The van der Waals surface area contributed by atoms with Gasteiger partial charge >= 0.3 is 0 Å². The third kappa shape index (κ3) is 7.33. The van der Waals surface area contributed by atoms with Crippen LogP contribution in [0.25, 0.3) is 11.0 Å². The SMILES string of the molecule is COc1ccc(C2(CCN3CCC(N(Cc4ccco4)c4nc5ccccc5[nH]4)CC3)CCN(C(=O)c3cc(OC)c(OC)c(OC)c3)C2)cc1OC. The number of methoxy groups -OCH3 is 5. The minimum absolute atomic E-state index is 0.0744. The van der Waals surface area contributed by atoms with E-state index in [0.717, 1.165) is 73.6 Å². The number of benzene rings is 3. The van der Waals surface area contributed by atoms with Crippen molar-refractivity contribution >= 4 is 22.9 Å². The van der Waals surface area contributed by atoms with Crippen LogP contribution in [0.1, 0.15) is 47.4 Å². The van der Waals surface area contributed by atoms with Gasteiger partial charge in [-0.1, -0.05) is 18.2 Å². The number of ether oxygens (including phenoxy) is 5. The van der Waals surface area contributed by atoms with E-state index in [1.54, 1.807) is 53.9 Å². The van der Waals surface area contributed by atoms with Crippen LogP contribution in [0.2, 0.25) is 0 Å². The second-order valence-electron chi connectivity index (χ2n) is 13.8. The van der Waals surface area contributed by atoms with Crippen molar-refractivity contribution < 1.29 is 32.9 Å². The highest BCUT2D eigenvalue weighted by Gasteiger charge is 2.42. The number of imidazole rings is 1. The fraction of sp³-hybridized carbons (Fsp3) is 0.415. The Balaban J connectivity index is 1.09. The zero-order valence-electron chi connectivity index (χ0n) is 31.2. The van der Waals surface area contributed by atoms with E-state index in [0.29, 0.717) is 60.0 Å². The molecule has 1 N–H and O–H groups in total. The van der Waals surface area contributed by atoms with Gasteiger partial charge in [0.2, 0.25) is 11.7 Å². The van der Waals surface area contributed by atoms with E-state index in [1.165, 1.54) is 0 Å². The predicted molar refractivity (Wildman–Crippen MR) is 203 cm³/mol. The number of hydrogen-bond donors (Lipinski definition) is 1. The molecule has 2 aliphatic rings. The molecule has 1 atom stereocenters. The number of furan rings is 1. The Labute approximate surface area is 310 Å². The molecule has 12 heteroatoms. The summed E-state index contributed by atoms with van der Waals surface area (Å²) in [6.45, 7) is 4.64. The van der Waals surface area contributed by atoms with Crippen molar-refractivity contribution in [2.45, 2.75) is 43.7 Å². The van der Waals surface area contributed by atoms with Gasteiger partial charge < -0.3 is 47.8 Å². The summed E-state index contributed by atoms with van der Waals surface area (Å²) in [6, 6.07) is 22.0. The van der Waals surface area contributed by atoms with Crippen LogP contribution in [-0.4, -0.2) is 100.0 Å². The number of aromatic nitrogens is 2. The molecule has 2 fully saturated rings. The molecule has 4 heterocycles. The molecule has 53 heavy (non-hydrogen) atoms. The number of likely N-dealkylation sites (tertiary alicyclic amines) is 2. The Morgan fingerprint density at radius 1 is 0.868 bits per heavy atom. The number of rotatable bonds is 14. The predicted octanol–water partition coefficient (Wildman–Crippen LogP) is 6.54. The molecule has 2 aromatic heterocycles. The van der Waals surface area contributed by atoms with Gasteiger partial charge in [-0.2, -0.15) is 0 Å². The molecule has 0 radical (unpaired) electrons. The number of piperidine rings is 1. The molecule has 0 saturated carbocycles. The second kappa shape index (κ2) is 15.7. The number of hydrogen-bond acceptors (Lipinski definition) is 10. The average Bonchev–Trinajstić information content (AvgIpc) is 3.99. The summed E-state index contributed by atoms with van der Waals surface area (Å²) >= 11 is 0. The number of H-pyrrole nitrogens is 1. The molecular formula is C41H49N5O7. The van der Waals surface area contributed by atoms with E-state index in [1.807, 2.05) is 41.3 Å². The molecule has 0 spiro atoms. The van der Waals surface area contributed by atoms with E-state index in [9.17, 15) is 4.79 Å². The maximum atomic E-state index is 14.1. The lowest BCUT2D eigenvalue weighted by atomic mass is 9.76. The minimum atomic E-state index is -0.285. The van der Waals surface area contributed by atoms with Gasteiger partial charge in [0.25, 0.3) is 5.91 Å². The molecule has 7 rings (SSSR count). The normalized spacial score (nSPS) is 17.9. The van der Waals surface area contributed by atoms with Crippen LogP contribution in [0.4, 0.5) is 5.95 Å². The maximum Gasteiger partial charge on any atom is 0.254 e. The van der Waals surface area contributed by atoms with Crippen molar-refractivity contribution in [3.63, 3.8) is 0 Å². The zero-order valence-corrected chi connectivity index (χ0v) is 31.2. The van der Waals surface area contributed by atoms with Crippen molar-refractivity contribution in [3.05, 3.63) is 89.9 Å². The van der Waals surface area contributed by atoms with E-state index in [2.05, 4.69) is 33.0 Å². The number of fused-ring (bicyclic) bond motifs is 1. The van der Waals surface area contributed by atoms with Gasteiger partial charge in [-0.25, -0.2) is 4.98 Å². The maximum absolute atomic E-state index is 14.1. The number of aromatic amines is 1. The van der Waals surface area contributed by atoms with Gasteiger partial charge in [-0.15, -0.1) is 0 Å². The monoisotopic (exact) mass is 723 g/mol. The topological polar surface area (TPSA) is 115 Å². The van der Waals surface area contributed by atoms with E-state index < -0.39 is 0 Å². The van der Waals surface area contributed by atoms with Gasteiger partial charge in [-0.3, -0.25) is 4.79 Å². The zero-order chi connectivity index (χ0) is 37.0. The second-order valence-corrected chi connectivity index (χ2v) is 13.8. The Bertz CT molecular complexity index is 1950. The molecule has 2 saturated heterocycles. The van der Waals surface area contributed by atoms with Gasteiger partial charge in [0.05, 0.1) is 59.4 Å². The third-order valence-corrected chi connectivity index (χ3v) is 11.0. The first-order valence-electron chi connectivity index (χ1n) is 18.2. The summed E-state index contributed by atoms with van der Waals surface area (Å²) in [4.78, 5) is 29.5. The first-order chi connectivity index (χ1) is 25.9. The smallest absolute Gasteiger partial charge is 0.254 e. The van der Waals surface area contributed by atoms with E-state index in [4.69, 9.17) is 33.1 Å². The fourth-order valence-electron chi connectivity index (χ4n) is 8.03. The number of nitrogens with zero attached hydrogens (tertiary/aromatic N) is 4. The van der Waals surface area contributed by atoms with Crippen LogP contribution in [0, 0.1) is 0 Å². The molecule has 12 nitrogen and oxygen atoms in total. The van der Waals surface area contributed by atoms with Gasteiger partial charge in [-0.05, 0) is 86.3 Å². The highest BCUT2D eigenvalue weighted by Crippen LogP contribution is 2.43. The van der Waals surface area contributed by atoms with Crippen molar-refractivity contribution in [3.8, 4) is 28.7 Å². The first-order valence-corrected chi connectivity index (χ1v) is 18.2. The molecule has 1 amide bonds. The number of anilines is 1. The molecule has 1 unspecified atom stereocenters. The minimum Gasteiger partial charge on any atom is -0.493 e. The highest BCUT2D eigenvalue weighted by atomic mass is 16.5. The van der Waals surface area contributed by atoms with Crippen LogP contribution < -0.4 is 28.6 Å². The summed E-state index contributed by atoms with van der Waals surface area (Å²) in [7, 11) is 7.98. The first kappa shape index (κ1) is 36.0. The van der Waals surface area contributed by atoms with E-state index >= 15 is 0 Å². The molecule has 5 aromatic rings. The van der Waals surface area contributed by atoms with Crippen LogP contribution >= 0.6 is 0 Å². The lowest BCUT2D eigenvalue weighted by molar-refractivity contribution is 0.0779. The van der Waals surface area contributed by atoms with Crippen LogP contribution in [0.5, 0.6) is 28.7 Å². The quantitative estimate of drug-likeness (QED) is 0.135. The molecular weight excluding hydrogens is 674 g/mol. The fourth-order valence-corrected chi connectivity index (χ4v) is 8.03. The van der Waals surface area contributed by atoms with Crippen LogP contribution in [-0.2, 0) is 12.0 Å². The standard InChI is InChI=1S/C41H49N5O7/c1-48-34-13-12-29(25-35(34)49-2)41(17-21-45(27-41)39(47)28-23-36(50-3)38(52-5)37(24-28)51-4)16-20-44-18-14-30(15-19-44)46(26-31-9-8-22-53-31)40-42-32-10-6-7-11-33(32)43-40/h6-13,22-25,30H,14-21,26-27H2,1-5H3,(H,42,43). The number of carbonyl (C=O) groups is 1. The summed E-state index contributed by atoms with van der Waals surface area (Å²) in [6.07, 6.45) is 5.41. The van der Waals surface area contributed by atoms with Gasteiger partial charge in [0.1, 0.15) is 5.76 Å². The Kier molecular flexibility index (Phi) is 10.7. The lowest BCUT2D eigenvalue weighted by Gasteiger charge is -2.39.